The van der Waals surface area contributed by atoms with Crippen molar-refractivity contribution in [2.45, 2.75) is 18.9 Å². The van der Waals surface area contributed by atoms with Gasteiger partial charge < -0.3 is 19.3 Å². The highest BCUT2D eigenvalue weighted by Crippen LogP contribution is 2.38. The predicted molar refractivity (Wildman–Crippen MR) is 69.4 cm³/mol. The summed E-state index contributed by atoms with van der Waals surface area (Å²) in [5, 5.41) is 9.21. The highest BCUT2D eigenvalue weighted by molar-refractivity contribution is 6.32. The number of hydrogen-bond acceptors (Lipinski definition) is 4. The molecule has 1 aromatic carbocycles. The van der Waals surface area contributed by atoms with Gasteiger partial charge in [0.2, 0.25) is 0 Å². The summed E-state index contributed by atoms with van der Waals surface area (Å²) >= 11 is 6.08. The largest absolute Gasteiger partial charge is 0.493 e. The number of aromatic carboxylic acids is 1. The van der Waals surface area contributed by atoms with E-state index in [1.54, 1.807) is 0 Å². The third-order valence-corrected chi connectivity index (χ3v) is 3.21. The number of carboxylic acid groups (broad SMARTS) is 1. The fraction of sp³-hybridized carbons (Fsp3) is 0.462. The second kappa shape index (κ2) is 6.12. The molecule has 0 bridgehead atoms. The minimum atomic E-state index is -1.06. The Hall–Kier alpha value is -1.46. The van der Waals surface area contributed by atoms with E-state index in [4.69, 9.17) is 30.9 Å². The van der Waals surface area contributed by atoms with E-state index in [1.165, 1.54) is 19.2 Å². The van der Waals surface area contributed by atoms with E-state index in [-0.39, 0.29) is 16.7 Å². The number of rotatable bonds is 4. The Bertz CT molecular complexity index is 468. The molecule has 0 aromatic heterocycles. The molecule has 6 heteroatoms. The van der Waals surface area contributed by atoms with Crippen molar-refractivity contribution in [1.82, 2.24) is 0 Å². The maximum absolute atomic E-state index is 11.0. The number of halogens is 1. The first kappa shape index (κ1) is 14.0. The van der Waals surface area contributed by atoms with Crippen molar-refractivity contribution in [2.75, 3.05) is 20.3 Å². The molecule has 0 radical (unpaired) electrons. The maximum Gasteiger partial charge on any atom is 0.335 e. The van der Waals surface area contributed by atoms with E-state index >= 15 is 0 Å². The molecule has 5 nitrogen and oxygen atoms in total. The van der Waals surface area contributed by atoms with E-state index in [1.807, 2.05) is 0 Å². The quantitative estimate of drug-likeness (QED) is 0.921. The Morgan fingerprint density at radius 1 is 1.42 bits per heavy atom. The molecule has 0 aliphatic carbocycles. The van der Waals surface area contributed by atoms with Crippen molar-refractivity contribution in [3.8, 4) is 11.5 Å². The van der Waals surface area contributed by atoms with Crippen molar-refractivity contribution in [3.05, 3.63) is 22.7 Å². The van der Waals surface area contributed by atoms with Crippen LogP contribution in [-0.4, -0.2) is 37.5 Å². The second-order valence-corrected chi connectivity index (χ2v) is 4.63. The maximum atomic E-state index is 11.0. The fourth-order valence-corrected chi connectivity index (χ4v) is 2.17. The van der Waals surface area contributed by atoms with E-state index < -0.39 is 5.97 Å². The molecule has 2 rings (SSSR count). The summed E-state index contributed by atoms with van der Waals surface area (Å²) in [6.07, 6.45) is 1.57. The lowest BCUT2D eigenvalue weighted by molar-refractivity contribution is 0.0246. The van der Waals surface area contributed by atoms with Gasteiger partial charge in [0.25, 0.3) is 0 Å². The molecule has 0 atom stereocenters. The average molecular weight is 287 g/mol. The first-order valence-corrected chi connectivity index (χ1v) is 6.35. The lowest BCUT2D eigenvalue weighted by Gasteiger charge is -2.24. The smallest absolute Gasteiger partial charge is 0.335 e. The number of carbonyl (C=O) groups is 1. The minimum absolute atomic E-state index is 0.0100. The van der Waals surface area contributed by atoms with Crippen molar-refractivity contribution >= 4 is 17.6 Å². The Kier molecular flexibility index (Phi) is 4.50. The minimum Gasteiger partial charge on any atom is -0.493 e. The van der Waals surface area contributed by atoms with Gasteiger partial charge in [-0.3, -0.25) is 0 Å². The topological polar surface area (TPSA) is 65.0 Å². The summed E-state index contributed by atoms with van der Waals surface area (Å²) in [6, 6.07) is 2.77. The van der Waals surface area contributed by atoms with E-state index in [9.17, 15) is 4.79 Å². The van der Waals surface area contributed by atoms with Crippen LogP contribution in [0.5, 0.6) is 11.5 Å². The SMILES string of the molecule is COc1cc(C(=O)O)cc(Cl)c1OC1CCOCC1. The van der Waals surface area contributed by atoms with Crippen LogP contribution in [-0.2, 0) is 4.74 Å². The molecule has 0 spiro atoms. The van der Waals surface area contributed by atoms with Crippen molar-refractivity contribution < 1.29 is 24.1 Å². The fourth-order valence-electron chi connectivity index (χ4n) is 1.92. The van der Waals surface area contributed by atoms with Crippen LogP contribution in [0.25, 0.3) is 0 Å². The first-order chi connectivity index (χ1) is 9.11. The number of benzene rings is 1. The highest BCUT2D eigenvalue weighted by Gasteiger charge is 2.21. The zero-order valence-electron chi connectivity index (χ0n) is 10.5. The lowest BCUT2D eigenvalue weighted by atomic mass is 10.1. The molecule has 0 saturated carbocycles. The molecule has 1 aromatic rings. The zero-order chi connectivity index (χ0) is 13.8. The van der Waals surface area contributed by atoms with Crippen LogP contribution in [0.15, 0.2) is 12.1 Å². The van der Waals surface area contributed by atoms with Gasteiger partial charge in [0.15, 0.2) is 11.5 Å². The Balaban J connectivity index is 2.25. The van der Waals surface area contributed by atoms with Crippen molar-refractivity contribution in [1.29, 1.82) is 0 Å². The Labute approximate surface area is 116 Å². The van der Waals surface area contributed by atoms with Gasteiger partial charge in [-0.25, -0.2) is 4.79 Å². The van der Waals surface area contributed by atoms with Crippen LogP contribution in [0, 0.1) is 0 Å². The summed E-state index contributed by atoms with van der Waals surface area (Å²) in [4.78, 5) is 11.0. The van der Waals surface area contributed by atoms with Crippen molar-refractivity contribution in [2.24, 2.45) is 0 Å². The van der Waals surface area contributed by atoms with E-state index in [0.717, 1.165) is 12.8 Å². The third kappa shape index (κ3) is 3.30. The molecular weight excluding hydrogens is 272 g/mol. The number of methoxy groups -OCH3 is 1. The molecule has 1 N–H and O–H groups in total. The van der Waals surface area contributed by atoms with E-state index in [2.05, 4.69) is 0 Å². The van der Waals surface area contributed by atoms with Crippen LogP contribution in [0.4, 0.5) is 0 Å². The van der Waals surface area contributed by atoms with Gasteiger partial charge in [-0.1, -0.05) is 11.6 Å². The van der Waals surface area contributed by atoms with Gasteiger partial charge in [-0.2, -0.15) is 0 Å². The van der Waals surface area contributed by atoms with Gasteiger partial charge in [0.1, 0.15) is 6.10 Å². The summed E-state index contributed by atoms with van der Waals surface area (Å²) in [5.74, 6) is -0.338. The van der Waals surface area contributed by atoms with Crippen LogP contribution >= 0.6 is 11.6 Å². The van der Waals surface area contributed by atoms with E-state index in [0.29, 0.717) is 24.7 Å². The van der Waals surface area contributed by atoms with Crippen LogP contribution < -0.4 is 9.47 Å². The van der Waals surface area contributed by atoms with Gasteiger partial charge in [0.05, 0.1) is 30.9 Å². The summed E-state index contributed by atoms with van der Waals surface area (Å²) in [5.41, 5.74) is 0.0705. The number of carboxylic acids is 1. The van der Waals surface area contributed by atoms with Crippen molar-refractivity contribution in [3.63, 3.8) is 0 Å². The molecule has 104 valence electrons. The molecule has 1 aliphatic rings. The molecular formula is C13H15ClO5. The Morgan fingerprint density at radius 3 is 2.68 bits per heavy atom. The molecule has 1 fully saturated rings. The summed E-state index contributed by atoms with van der Waals surface area (Å²) in [7, 11) is 1.45. The molecule has 1 aliphatic heterocycles. The lowest BCUT2D eigenvalue weighted by Crippen LogP contribution is -2.26. The first-order valence-electron chi connectivity index (χ1n) is 5.97. The van der Waals surface area contributed by atoms with Gasteiger partial charge in [0, 0.05) is 12.8 Å². The standard InChI is InChI=1S/C13H15ClO5/c1-17-11-7-8(13(15)16)6-10(14)12(11)19-9-2-4-18-5-3-9/h6-7,9H,2-5H2,1H3,(H,15,16). The predicted octanol–water partition coefficient (Wildman–Crippen LogP) is 2.60. The number of ether oxygens (including phenoxy) is 3. The molecule has 0 unspecified atom stereocenters. The summed E-state index contributed by atoms with van der Waals surface area (Å²) < 4.78 is 16.2. The van der Waals surface area contributed by atoms with Crippen LogP contribution in [0.2, 0.25) is 5.02 Å². The monoisotopic (exact) mass is 286 g/mol. The Morgan fingerprint density at radius 2 is 2.11 bits per heavy atom. The van der Waals surface area contributed by atoms with Gasteiger partial charge in [-0.05, 0) is 12.1 Å². The third-order valence-electron chi connectivity index (χ3n) is 2.93. The molecule has 1 heterocycles. The molecule has 19 heavy (non-hydrogen) atoms. The zero-order valence-corrected chi connectivity index (χ0v) is 11.3. The average Bonchev–Trinajstić information content (AvgIpc) is 2.41. The molecule has 0 amide bonds. The van der Waals surface area contributed by atoms with Crippen LogP contribution in [0.3, 0.4) is 0 Å². The number of hydrogen-bond donors (Lipinski definition) is 1. The van der Waals surface area contributed by atoms with Gasteiger partial charge >= 0.3 is 5.97 Å². The van der Waals surface area contributed by atoms with Crippen LogP contribution in [0.1, 0.15) is 23.2 Å². The normalized spacial score (nSPS) is 16.1. The highest BCUT2D eigenvalue weighted by atomic mass is 35.5. The van der Waals surface area contributed by atoms with Gasteiger partial charge in [-0.15, -0.1) is 0 Å². The summed E-state index contributed by atoms with van der Waals surface area (Å²) in [6.45, 7) is 1.30. The molecule has 1 saturated heterocycles. The second-order valence-electron chi connectivity index (χ2n) is 4.22.